The van der Waals surface area contributed by atoms with Crippen molar-refractivity contribution in [2.75, 3.05) is 0 Å². The van der Waals surface area contributed by atoms with Crippen LogP contribution >= 0.6 is 0 Å². The molecule has 1 aliphatic carbocycles. The maximum Gasteiger partial charge on any atom is -0.00875 e. The number of benzene rings is 1. The molecule has 1 aromatic rings. The van der Waals surface area contributed by atoms with E-state index in [4.69, 9.17) is 0 Å². The highest BCUT2D eigenvalue weighted by Crippen LogP contribution is 2.44. The fourth-order valence-electron chi connectivity index (χ4n) is 4.95. The van der Waals surface area contributed by atoms with Crippen LogP contribution in [-0.4, -0.2) is 0 Å². The van der Waals surface area contributed by atoms with Crippen LogP contribution in [0.1, 0.15) is 116 Å². The summed E-state index contributed by atoms with van der Waals surface area (Å²) in [4.78, 5) is 0. The van der Waals surface area contributed by atoms with Crippen LogP contribution in [-0.2, 0) is 0 Å². The van der Waals surface area contributed by atoms with Crippen molar-refractivity contribution in [1.82, 2.24) is 0 Å². The quantitative estimate of drug-likeness (QED) is 0.491. The molecule has 0 saturated heterocycles. The summed E-state index contributed by atoms with van der Waals surface area (Å²) >= 11 is 0. The minimum absolute atomic E-state index is 0.384. The molecule has 0 heteroatoms. The van der Waals surface area contributed by atoms with Crippen LogP contribution < -0.4 is 0 Å². The summed E-state index contributed by atoms with van der Waals surface area (Å²) in [6.07, 6.45) is 9.66. The zero-order valence-corrected chi connectivity index (χ0v) is 17.5. The van der Waals surface area contributed by atoms with E-state index in [-0.39, 0.29) is 0 Å². The Morgan fingerprint density at radius 3 is 1.96 bits per heavy atom. The van der Waals surface area contributed by atoms with Crippen molar-refractivity contribution in [2.45, 2.75) is 105 Å². The van der Waals surface area contributed by atoms with Crippen molar-refractivity contribution in [2.24, 2.45) is 11.3 Å². The van der Waals surface area contributed by atoms with Gasteiger partial charge in [-0.3, -0.25) is 0 Å². The molecule has 24 heavy (non-hydrogen) atoms. The molecule has 1 saturated carbocycles. The van der Waals surface area contributed by atoms with Crippen LogP contribution in [0.25, 0.3) is 0 Å². The lowest BCUT2D eigenvalue weighted by Gasteiger charge is -2.38. The van der Waals surface area contributed by atoms with Gasteiger partial charge in [-0.1, -0.05) is 98.4 Å². The Balaban J connectivity index is 0.00000139. The van der Waals surface area contributed by atoms with Gasteiger partial charge in [-0.25, -0.2) is 0 Å². The summed E-state index contributed by atoms with van der Waals surface area (Å²) in [6.45, 7) is 16.0. The molecule has 0 aliphatic heterocycles. The summed E-state index contributed by atoms with van der Waals surface area (Å²) in [5, 5.41) is 0. The van der Waals surface area contributed by atoms with E-state index in [1.807, 2.05) is 13.8 Å². The van der Waals surface area contributed by atoms with Crippen LogP contribution in [0.4, 0.5) is 0 Å². The standard InChI is InChI=1S/C22H36.C2H6/c1-6-16-22(4,5)21(17(2)3)20-14-12-19(13-15-20)18-10-8-7-9-11-18;1-2/h12-15,17-18,21H,6-11,16H2,1-5H3;1-2H3. The largest absolute Gasteiger partial charge is 0.0683 e. The SMILES string of the molecule is CC.CCCC(C)(C)C(c1ccc(C2CCCCC2)cc1)C(C)C. The molecule has 138 valence electrons. The lowest BCUT2D eigenvalue weighted by atomic mass is 9.67. The first-order valence-electron chi connectivity index (χ1n) is 10.6. The maximum atomic E-state index is 2.45. The van der Waals surface area contributed by atoms with Crippen molar-refractivity contribution in [3.8, 4) is 0 Å². The van der Waals surface area contributed by atoms with Crippen molar-refractivity contribution < 1.29 is 0 Å². The van der Waals surface area contributed by atoms with Gasteiger partial charge in [0.1, 0.15) is 0 Å². The molecular weight excluding hydrogens is 288 g/mol. The van der Waals surface area contributed by atoms with E-state index in [1.165, 1.54) is 44.9 Å². The van der Waals surface area contributed by atoms with E-state index in [2.05, 4.69) is 58.9 Å². The second kappa shape index (κ2) is 10.3. The molecule has 0 radical (unpaired) electrons. The van der Waals surface area contributed by atoms with Gasteiger partial charge in [0.15, 0.2) is 0 Å². The van der Waals surface area contributed by atoms with Crippen molar-refractivity contribution in [3.05, 3.63) is 35.4 Å². The zero-order valence-electron chi connectivity index (χ0n) is 17.5. The smallest absolute Gasteiger partial charge is 0.00875 e. The van der Waals surface area contributed by atoms with Crippen LogP contribution in [0, 0.1) is 11.3 Å². The summed E-state index contributed by atoms with van der Waals surface area (Å²) in [5.74, 6) is 2.18. The number of hydrogen-bond donors (Lipinski definition) is 0. The lowest BCUT2D eigenvalue weighted by molar-refractivity contribution is 0.211. The first-order valence-corrected chi connectivity index (χ1v) is 10.6. The molecule has 1 unspecified atom stereocenters. The molecule has 0 nitrogen and oxygen atoms in total. The minimum Gasteiger partial charge on any atom is -0.0683 e. The van der Waals surface area contributed by atoms with Crippen LogP contribution in [0.5, 0.6) is 0 Å². The topological polar surface area (TPSA) is 0 Å². The average molecular weight is 331 g/mol. The second-order valence-corrected chi connectivity index (χ2v) is 8.46. The van der Waals surface area contributed by atoms with Crippen LogP contribution in [0.3, 0.4) is 0 Å². The Labute approximate surface area is 152 Å². The average Bonchev–Trinajstić information content (AvgIpc) is 2.57. The summed E-state index contributed by atoms with van der Waals surface area (Å²) in [7, 11) is 0. The molecule has 1 aromatic carbocycles. The minimum atomic E-state index is 0.384. The Bertz CT molecular complexity index is 432. The third kappa shape index (κ3) is 5.64. The van der Waals surface area contributed by atoms with Crippen molar-refractivity contribution in [1.29, 1.82) is 0 Å². The van der Waals surface area contributed by atoms with Gasteiger partial charge < -0.3 is 0 Å². The highest BCUT2D eigenvalue weighted by molar-refractivity contribution is 5.29. The Morgan fingerprint density at radius 1 is 0.958 bits per heavy atom. The molecule has 1 fully saturated rings. The second-order valence-electron chi connectivity index (χ2n) is 8.46. The third-order valence-electron chi connectivity index (χ3n) is 5.78. The van der Waals surface area contributed by atoms with E-state index >= 15 is 0 Å². The number of hydrogen-bond acceptors (Lipinski definition) is 0. The van der Waals surface area contributed by atoms with Gasteiger partial charge in [0.25, 0.3) is 0 Å². The van der Waals surface area contributed by atoms with Gasteiger partial charge in [0, 0.05) is 0 Å². The van der Waals surface area contributed by atoms with Gasteiger partial charge in [-0.05, 0) is 53.6 Å². The van der Waals surface area contributed by atoms with E-state index < -0.39 is 0 Å². The van der Waals surface area contributed by atoms with Gasteiger partial charge in [0.2, 0.25) is 0 Å². The molecule has 0 N–H and O–H groups in total. The van der Waals surface area contributed by atoms with E-state index in [0.29, 0.717) is 17.3 Å². The Hall–Kier alpha value is -0.780. The molecular formula is C24H42. The molecule has 0 heterocycles. The predicted molar refractivity (Wildman–Crippen MR) is 110 cm³/mol. The summed E-state index contributed by atoms with van der Waals surface area (Å²) in [6, 6.07) is 9.74. The third-order valence-corrected chi connectivity index (χ3v) is 5.78. The fraction of sp³-hybridized carbons (Fsp3) is 0.750. The predicted octanol–water partition coefficient (Wildman–Crippen LogP) is 8.33. The van der Waals surface area contributed by atoms with Crippen molar-refractivity contribution >= 4 is 0 Å². The van der Waals surface area contributed by atoms with Gasteiger partial charge in [-0.2, -0.15) is 0 Å². The zero-order chi connectivity index (χ0) is 18.2. The van der Waals surface area contributed by atoms with Crippen LogP contribution in [0.2, 0.25) is 0 Å². The maximum absolute atomic E-state index is 2.45. The first-order chi connectivity index (χ1) is 11.5. The molecule has 1 aliphatic rings. The monoisotopic (exact) mass is 330 g/mol. The lowest BCUT2D eigenvalue weighted by Crippen LogP contribution is -2.26. The highest BCUT2D eigenvalue weighted by atomic mass is 14.4. The summed E-state index contributed by atoms with van der Waals surface area (Å²) < 4.78 is 0. The molecule has 0 aromatic heterocycles. The van der Waals surface area contributed by atoms with E-state index in [1.54, 1.807) is 11.1 Å². The Morgan fingerprint density at radius 2 is 1.50 bits per heavy atom. The van der Waals surface area contributed by atoms with E-state index in [9.17, 15) is 0 Å². The summed E-state index contributed by atoms with van der Waals surface area (Å²) in [5.41, 5.74) is 3.52. The molecule has 0 amide bonds. The van der Waals surface area contributed by atoms with Crippen molar-refractivity contribution in [3.63, 3.8) is 0 Å². The van der Waals surface area contributed by atoms with Gasteiger partial charge in [-0.15, -0.1) is 0 Å². The highest BCUT2D eigenvalue weighted by Gasteiger charge is 2.32. The first kappa shape index (κ1) is 21.3. The normalized spacial score (nSPS) is 17.3. The molecule has 0 bridgehead atoms. The van der Waals surface area contributed by atoms with E-state index in [0.717, 1.165) is 5.92 Å². The van der Waals surface area contributed by atoms with Gasteiger partial charge in [0.05, 0.1) is 0 Å². The molecule has 0 spiro atoms. The fourth-order valence-corrected chi connectivity index (χ4v) is 4.95. The Kier molecular flexibility index (Phi) is 9.09. The molecule has 2 rings (SSSR count). The number of rotatable bonds is 6. The van der Waals surface area contributed by atoms with Crippen LogP contribution in [0.15, 0.2) is 24.3 Å². The van der Waals surface area contributed by atoms with Gasteiger partial charge >= 0.3 is 0 Å². The molecule has 1 atom stereocenters.